The molecule has 1 aliphatic heterocycles. The summed E-state index contributed by atoms with van der Waals surface area (Å²) in [5.74, 6) is 0.749. The van der Waals surface area contributed by atoms with E-state index in [0.717, 1.165) is 19.4 Å². The van der Waals surface area contributed by atoms with E-state index in [4.69, 9.17) is 14.9 Å². The van der Waals surface area contributed by atoms with Crippen LogP contribution in [0, 0.1) is 0 Å². The Hall–Kier alpha value is -1.98. The van der Waals surface area contributed by atoms with Crippen LogP contribution in [0.4, 0.5) is 4.79 Å². The highest BCUT2D eigenvalue weighted by atomic mass is 127. The Morgan fingerprint density at radius 2 is 2.08 bits per heavy atom. The predicted molar refractivity (Wildman–Crippen MR) is 108 cm³/mol. The van der Waals surface area contributed by atoms with Gasteiger partial charge in [-0.25, -0.2) is 9.79 Å². The molecule has 1 saturated heterocycles. The highest BCUT2D eigenvalue weighted by molar-refractivity contribution is 14.0. The number of carbonyl (C=O) groups is 2. The van der Waals surface area contributed by atoms with E-state index in [0.29, 0.717) is 31.4 Å². The number of nitrogens with two attached hydrogens (primary N) is 1. The number of guanidine groups is 1. The second kappa shape index (κ2) is 10.9. The second-order valence-electron chi connectivity index (χ2n) is 5.70. The molecule has 0 spiro atoms. The van der Waals surface area contributed by atoms with Gasteiger partial charge >= 0.3 is 6.09 Å². The largest absolute Gasteiger partial charge is 0.454 e. The Labute approximate surface area is 169 Å². The van der Waals surface area contributed by atoms with E-state index in [9.17, 15) is 9.59 Å². The summed E-state index contributed by atoms with van der Waals surface area (Å²) >= 11 is 0. The number of ether oxygens (including phenoxy) is 1. The van der Waals surface area contributed by atoms with Crippen LogP contribution in [0.3, 0.4) is 0 Å². The molecule has 2 rings (SSSR count). The van der Waals surface area contributed by atoms with Crippen LogP contribution in [-0.2, 0) is 11.3 Å². The average molecular weight is 479 g/mol. The smallest absolute Gasteiger partial charge is 0.409 e. The molecule has 1 fully saturated rings. The number of amides is 2. The van der Waals surface area contributed by atoms with Crippen molar-refractivity contribution in [1.29, 1.82) is 0 Å². The van der Waals surface area contributed by atoms with E-state index in [-0.39, 0.29) is 41.9 Å². The van der Waals surface area contributed by atoms with Crippen molar-refractivity contribution in [1.82, 2.24) is 15.5 Å². The molecule has 1 aromatic rings. The zero-order chi connectivity index (χ0) is 18.2. The molecule has 10 heteroatoms. The fourth-order valence-electron chi connectivity index (χ4n) is 2.60. The summed E-state index contributed by atoms with van der Waals surface area (Å²) in [7, 11) is 1.39. The molecule has 0 aromatic carbocycles. The lowest BCUT2D eigenvalue weighted by molar-refractivity contribution is 0.0972. The van der Waals surface area contributed by atoms with Gasteiger partial charge in [-0.15, -0.1) is 24.0 Å². The van der Waals surface area contributed by atoms with Crippen LogP contribution in [0.25, 0.3) is 0 Å². The molecule has 0 saturated carbocycles. The molecule has 2 amide bonds. The van der Waals surface area contributed by atoms with Gasteiger partial charge in [0.2, 0.25) is 0 Å². The van der Waals surface area contributed by atoms with Crippen molar-refractivity contribution in [2.45, 2.75) is 32.4 Å². The summed E-state index contributed by atoms with van der Waals surface area (Å²) in [5, 5.41) is 6.54. The molecule has 1 aromatic heterocycles. The van der Waals surface area contributed by atoms with E-state index in [1.54, 1.807) is 11.0 Å². The number of hydrogen-bond donors (Lipinski definition) is 3. The Morgan fingerprint density at radius 1 is 1.38 bits per heavy atom. The highest BCUT2D eigenvalue weighted by Gasteiger charge is 2.23. The Kier molecular flexibility index (Phi) is 9.24. The van der Waals surface area contributed by atoms with E-state index in [1.165, 1.54) is 13.2 Å². The molecule has 146 valence electrons. The number of aliphatic imine (C=N–C) groups is 1. The molecular formula is C16H26IN5O4. The van der Waals surface area contributed by atoms with Gasteiger partial charge in [-0.1, -0.05) is 0 Å². The second-order valence-corrected chi connectivity index (χ2v) is 5.70. The van der Waals surface area contributed by atoms with Crippen molar-refractivity contribution >= 4 is 41.9 Å². The fraction of sp³-hybridized carbons (Fsp3) is 0.562. The van der Waals surface area contributed by atoms with Crippen LogP contribution in [-0.4, -0.2) is 55.6 Å². The number of nitrogens with one attached hydrogen (secondary N) is 2. The third-order valence-electron chi connectivity index (χ3n) is 3.91. The maximum atomic E-state index is 11.5. The number of halogens is 1. The van der Waals surface area contributed by atoms with Gasteiger partial charge in [-0.2, -0.15) is 0 Å². The zero-order valence-electron chi connectivity index (χ0n) is 15.0. The first-order valence-electron chi connectivity index (χ1n) is 8.29. The molecule has 0 radical (unpaired) electrons. The first-order valence-corrected chi connectivity index (χ1v) is 8.29. The topological polar surface area (TPSA) is 122 Å². The lowest BCUT2D eigenvalue weighted by Gasteiger charge is -2.32. The van der Waals surface area contributed by atoms with Gasteiger partial charge in [0, 0.05) is 25.7 Å². The summed E-state index contributed by atoms with van der Waals surface area (Å²) < 4.78 is 10.1. The molecule has 0 aliphatic carbocycles. The van der Waals surface area contributed by atoms with Gasteiger partial charge in [0.1, 0.15) is 12.3 Å². The summed E-state index contributed by atoms with van der Waals surface area (Å²) in [6, 6.07) is 3.44. The first kappa shape index (κ1) is 22.1. The molecule has 1 aliphatic rings. The Bertz CT molecular complexity index is 626. The van der Waals surface area contributed by atoms with Crippen molar-refractivity contribution in [3.8, 4) is 0 Å². The van der Waals surface area contributed by atoms with Gasteiger partial charge in [0.15, 0.2) is 11.7 Å². The lowest BCUT2D eigenvalue weighted by atomic mass is 10.1. The van der Waals surface area contributed by atoms with E-state index < -0.39 is 5.91 Å². The average Bonchev–Trinajstić information content (AvgIpc) is 3.09. The molecule has 26 heavy (non-hydrogen) atoms. The number of rotatable bonds is 5. The molecule has 0 atom stereocenters. The van der Waals surface area contributed by atoms with E-state index in [1.807, 2.05) is 6.92 Å². The molecular weight excluding hydrogens is 453 g/mol. The third-order valence-corrected chi connectivity index (χ3v) is 3.91. The third kappa shape index (κ3) is 6.39. The van der Waals surface area contributed by atoms with Crippen LogP contribution < -0.4 is 16.4 Å². The molecule has 0 unspecified atom stereocenters. The van der Waals surface area contributed by atoms with Crippen LogP contribution in [0.5, 0.6) is 0 Å². The summed E-state index contributed by atoms with van der Waals surface area (Å²) in [6.45, 7) is 4.28. The van der Waals surface area contributed by atoms with Crippen molar-refractivity contribution in [2.75, 3.05) is 26.7 Å². The van der Waals surface area contributed by atoms with Crippen LogP contribution in [0.15, 0.2) is 21.5 Å². The number of hydrogen-bond acceptors (Lipinski definition) is 5. The van der Waals surface area contributed by atoms with Gasteiger partial charge in [0.05, 0.1) is 7.11 Å². The minimum Gasteiger partial charge on any atom is -0.454 e. The summed E-state index contributed by atoms with van der Waals surface area (Å²) in [6.07, 6.45) is 1.33. The van der Waals surface area contributed by atoms with E-state index in [2.05, 4.69) is 15.6 Å². The number of primary amides is 1. The van der Waals surface area contributed by atoms with Crippen LogP contribution in [0.2, 0.25) is 0 Å². The van der Waals surface area contributed by atoms with Crippen molar-refractivity contribution in [3.63, 3.8) is 0 Å². The van der Waals surface area contributed by atoms with Gasteiger partial charge < -0.3 is 30.4 Å². The van der Waals surface area contributed by atoms with Crippen LogP contribution >= 0.6 is 24.0 Å². The quantitative estimate of drug-likeness (QED) is 0.332. The number of methoxy groups -OCH3 is 1. The van der Waals surface area contributed by atoms with Crippen molar-refractivity contribution in [3.05, 3.63) is 23.7 Å². The maximum absolute atomic E-state index is 11.5. The number of carbonyl (C=O) groups excluding carboxylic acids is 2. The zero-order valence-corrected chi connectivity index (χ0v) is 17.3. The number of furan rings is 1. The maximum Gasteiger partial charge on any atom is 0.409 e. The number of nitrogens with zero attached hydrogens (tertiary/aromatic N) is 2. The minimum absolute atomic E-state index is 0. The molecule has 4 N–H and O–H groups in total. The monoisotopic (exact) mass is 479 g/mol. The fourth-order valence-corrected chi connectivity index (χ4v) is 2.60. The van der Waals surface area contributed by atoms with Gasteiger partial charge in [-0.3, -0.25) is 4.79 Å². The summed E-state index contributed by atoms with van der Waals surface area (Å²) in [5.41, 5.74) is 5.17. The Morgan fingerprint density at radius 3 is 2.62 bits per heavy atom. The van der Waals surface area contributed by atoms with Crippen LogP contribution in [0.1, 0.15) is 36.1 Å². The predicted octanol–water partition coefficient (Wildman–Crippen LogP) is 1.28. The van der Waals surface area contributed by atoms with Crippen molar-refractivity contribution in [2.24, 2.45) is 10.7 Å². The molecule has 2 heterocycles. The number of likely N-dealkylation sites (tertiary alicyclic amines) is 1. The minimum atomic E-state index is -0.599. The normalized spacial score (nSPS) is 15.2. The number of piperidine rings is 1. The summed E-state index contributed by atoms with van der Waals surface area (Å²) in [4.78, 5) is 28.7. The molecule has 9 nitrogen and oxygen atoms in total. The first-order chi connectivity index (χ1) is 12.0. The van der Waals surface area contributed by atoms with Crippen molar-refractivity contribution < 1.29 is 18.7 Å². The SMILES string of the molecule is CCNC(=NCc1ccc(C(N)=O)o1)NC1CCN(C(=O)OC)CC1.I. The Balaban J connectivity index is 0.00000338. The van der Waals surface area contributed by atoms with Gasteiger partial charge in [-0.05, 0) is 31.9 Å². The highest BCUT2D eigenvalue weighted by Crippen LogP contribution is 2.12. The molecule has 0 bridgehead atoms. The standard InChI is InChI=1S/C16H25N5O4.HI/c1-3-18-15(19-10-12-4-5-13(25-12)14(17)22)20-11-6-8-21(9-7-11)16(23)24-2;/h4-5,11H,3,6-10H2,1-2H3,(H2,17,22)(H2,18,19,20);1H. The lowest BCUT2D eigenvalue weighted by Crippen LogP contribution is -2.49. The van der Waals surface area contributed by atoms with Gasteiger partial charge in [0.25, 0.3) is 5.91 Å². The van der Waals surface area contributed by atoms with E-state index >= 15 is 0 Å².